The summed E-state index contributed by atoms with van der Waals surface area (Å²) in [5.41, 5.74) is 3.49. The number of nitrogens with zero attached hydrogens (tertiary/aromatic N) is 4. The summed E-state index contributed by atoms with van der Waals surface area (Å²) in [6.45, 7) is 3.63. The molecule has 1 N–H and O–H groups in total. The standard InChI is InChI=1S/C33H39N5O/c39-32(36-11-13-37(14-12-36)33-20-23-15-24(21-33)17-25(16-23)22-33)29-19-31-34-28(26-7-3-1-4-8-26)18-30(38(31)35-29)27-9-5-2-6-10-27/h1-10,19,23-25,28,30,34H,11-18,20-22H2/t23?,24?,25?,28-,30-,33?/m1/s1. The minimum absolute atomic E-state index is 0.0759. The van der Waals surface area contributed by atoms with Crippen molar-refractivity contribution in [3.8, 4) is 0 Å². The number of piperazine rings is 1. The van der Waals surface area contributed by atoms with Crippen LogP contribution in [0.15, 0.2) is 66.7 Å². The van der Waals surface area contributed by atoms with Crippen LogP contribution in [0.5, 0.6) is 0 Å². The van der Waals surface area contributed by atoms with Gasteiger partial charge in [0.15, 0.2) is 5.69 Å². The molecule has 1 amide bonds. The molecule has 2 atom stereocenters. The predicted octanol–water partition coefficient (Wildman–Crippen LogP) is 5.76. The summed E-state index contributed by atoms with van der Waals surface area (Å²) in [7, 11) is 0. The first-order valence-electron chi connectivity index (χ1n) is 15.1. The summed E-state index contributed by atoms with van der Waals surface area (Å²) in [5.74, 6) is 3.87. The Bertz CT molecular complexity index is 1310. The molecule has 1 aromatic heterocycles. The monoisotopic (exact) mass is 521 g/mol. The summed E-state index contributed by atoms with van der Waals surface area (Å²) in [6.07, 6.45) is 9.52. The van der Waals surface area contributed by atoms with Crippen molar-refractivity contribution < 1.29 is 4.79 Å². The second kappa shape index (κ2) is 9.22. The van der Waals surface area contributed by atoms with Crippen LogP contribution >= 0.6 is 0 Å². The van der Waals surface area contributed by atoms with Crippen molar-refractivity contribution >= 4 is 11.7 Å². The van der Waals surface area contributed by atoms with Gasteiger partial charge in [-0.3, -0.25) is 9.69 Å². The molecule has 6 aliphatic rings. The molecule has 4 aliphatic carbocycles. The zero-order valence-corrected chi connectivity index (χ0v) is 22.7. The first-order chi connectivity index (χ1) is 19.1. The van der Waals surface area contributed by atoms with Crippen molar-refractivity contribution in [2.75, 3.05) is 31.5 Å². The van der Waals surface area contributed by atoms with Gasteiger partial charge in [-0.15, -0.1) is 0 Å². The summed E-state index contributed by atoms with van der Waals surface area (Å²) >= 11 is 0. The van der Waals surface area contributed by atoms with E-state index in [0.717, 1.165) is 56.2 Å². The van der Waals surface area contributed by atoms with Crippen molar-refractivity contribution in [3.63, 3.8) is 0 Å². The lowest BCUT2D eigenvalue weighted by Crippen LogP contribution is -2.64. The largest absolute Gasteiger partial charge is 0.363 e. The normalized spacial score (nSPS) is 33.5. The van der Waals surface area contributed by atoms with E-state index in [2.05, 4.69) is 75.8 Å². The number of benzene rings is 2. The molecule has 3 aromatic rings. The molecule has 4 saturated carbocycles. The Balaban J connectivity index is 1.02. The zero-order chi connectivity index (χ0) is 26.0. The van der Waals surface area contributed by atoms with Gasteiger partial charge in [0.05, 0.1) is 12.1 Å². The smallest absolute Gasteiger partial charge is 0.274 e. The lowest BCUT2D eigenvalue weighted by molar-refractivity contribution is -0.0987. The van der Waals surface area contributed by atoms with Gasteiger partial charge >= 0.3 is 0 Å². The highest BCUT2D eigenvalue weighted by Gasteiger charge is 2.53. The Morgan fingerprint density at radius 3 is 1.97 bits per heavy atom. The number of anilines is 1. The van der Waals surface area contributed by atoms with Crippen LogP contribution < -0.4 is 5.32 Å². The molecule has 0 unspecified atom stereocenters. The molecular formula is C33H39N5O. The molecule has 2 aromatic carbocycles. The molecular weight excluding hydrogens is 482 g/mol. The van der Waals surface area contributed by atoms with Gasteiger partial charge in [0.25, 0.3) is 5.91 Å². The molecule has 0 spiro atoms. The highest BCUT2D eigenvalue weighted by molar-refractivity contribution is 5.93. The van der Waals surface area contributed by atoms with E-state index in [4.69, 9.17) is 5.10 Å². The van der Waals surface area contributed by atoms with Crippen LogP contribution in [-0.2, 0) is 0 Å². The topological polar surface area (TPSA) is 53.4 Å². The summed E-state index contributed by atoms with van der Waals surface area (Å²) in [5, 5.41) is 8.63. The number of carbonyl (C=O) groups is 1. The number of fused-ring (bicyclic) bond motifs is 1. The van der Waals surface area contributed by atoms with Crippen molar-refractivity contribution in [1.29, 1.82) is 0 Å². The fourth-order valence-corrected chi connectivity index (χ4v) is 9.26. The number of nitrogens with one attached hydrogen (secondary N) is 1. The third-order valence-corrected chi connectivity index (χ3v) is 10.7. The van der Waals surface area contributed by atoms with E-state index in [1.165, 1.54) is 49.7 Å². The fraction of sp³-hybridized carbons (Fsp3) is 0.515. The lowest BCUT2D eigenvalue weighted by atomic mass is 9.52. The van der Waals surface area contributed by atoms with Gasteiger partial charge in [-0.1, -0.05) is 60.7 Å². The molecule has 6 heteroatoms. The summed E-state index contributed by atoms with van der Waals surface area (Å²) in [4.78, 5) is 18.6. The average molecular weight is 522 g/mol. The second-order valence-corrected chi connectivity index (χ2v) is 13.1. The van der Waals surface area contributed by atoms with E-state index in [1.54, 1.807) is 0 Å². The van der Waals surface area contributed by atoms with Gasteiger partial charge in [-0.2, -0.15) is 5.10 Å². The minimum Gasteiger partial charge on any atom is -0.363 e. The Morgan fingerprint density at radius 1 is 0.769 bits per heavy atom. The van der Waals surface area contributed by atoms with E-state index in [1.807, 2.05) is 10.7 Å². The van der Waals surface area contributed by atoms with E-state index in [9.17, 15) is 4.79 Å². The van der Waals surface area contributed by atoms with Crippen molar-refractivity contribution in [3.05, 3.63) is 83.6 Å². The molecule has 9 rings (SSSR count). The van der Waals surface area contributed by atoms with Crippen LogP contribution in [0.4, 0.5) is 5.82 Å². The van der Waals surface area contributed by atoms with E-state index < -0.39 is 0 Å². The SMILES string of the molecule is O=C(c1cc2n(n1)[C@@H](c1ccccc1)C[C@H](c1ccccc1)N2)N1CCN(C23CC4CC(CC(C4)C2)C3)CC1. The Kier molecular flexibility index (Phi) is 5.62. The van der Waals surface area contributed by atoms with Crippen LogP contribution in [0, 0.1) is 17.8 Å². The molecule has 202 valence electrons. The third kappa shape index (κ3) is 4.10. The van der Waals surface area contributed by atoms with Crippen molar-refractivity contribution in [2.45, 2.75) is 62.6 Å². The third-order valence-electron chi connectivity index (χ3n) is 10.7. The first-order valence-corrected chi connectivity index (χ1v) is 15.1. The maximum atomic E-state index is 13.8. The van der Waals surface area contributed by atoms with E-state index in [0.29, 0.717) is 11.2 Å². The van der Waals surface area contributed by atoms with Crippen LogP contribution in [0.1, 0.15) is 78.6 Å². The van der Waals surface area contributed by atoms with Gasteiger partial charge in [-0.05, 0) is 73.8 Å². The number of hydrogen-bond acceptors (Lipinski definition) is 4. The summed E-state index contributed by atoms with van der Waals surface area (Å²) in [6, 6.07) is 23.4. The average Bonchev–Trinajstić information content (AvgIpc) is 3.41. The maximum Gasteiger partial charge on any atom is 0.274 e. The Morgan fingerprint density at radius 2 is 1.36 bits per heavy atom. The molecule has 5 fully saturated rings. The van der Waals surface area contributed by atoms with Gasteiger partial charge in [-0.25, -0.2) is 4.68 Å². The number of rotatable bonds is 4. The van der Waals surface area contributed by atoms with Gasteiger partial charge < -0.3 is 10.2 Å². The van der Waals surface area contributed by atoms with Gasteiger partial charge in [0, 0.05) is 37.8 Å². The molecule has 1 saturated heterocycles. The number of aromatic nitrogens is 2. The van der Waals surface area contributed by atoms with E-state index >= 15 is 0 Å². The van der Waals surface area contributed by atoms with E-state index in [-0.39, 0.29) is 18.0 Å². The molecule has 2 aliphatic heterocycles. The highest BCUT2D eigenvalue weighted by atomic mass is 16.2. The zero-order valence-electron chi connectivity index (χ0n) is 22.7. The molecule has 0 radical (unpaired) electrons. The predicted molar refractivity (Wildman–Crippen MR) is 153 cm³/mol. The van der Waals surface area contributed by atoms with Gasteiger partial charge in [0.2, 0.25) is 0 Å². The van der Waals surface area contributed by atoms with Crippen LogP contribution in [0.3, 0.4) is 0 Å². The summed E-state index contributed by atoms with van der Waals surface area (Å²) < 4.78 is 2.05. The number of amides is 1. The maximum absolute atomic E-state index is 13.8. The molecule has 6 nitrogen and oxygen atoms in total. The molecule has 4 bridgehead atoms. The second-order valence-electron chi connectivity index (χ2n) is 13.1. The number of hydrogen-bond donors (Lipinski definition) is 1. The lowest BCUT2D eigenvalue weighted by Gasteiger charge is -2.61. The van der Waals surface area contributed by atoms with Crippen LogP contribution in [0.2, 0.25) is 0 Å². The molecule has 3 heterocycles. The first kappa shape index (κ1) is 23.7. The van der Waals surface area contributed by atoms with Crippen LogP contribution in [0.25, 0.3) is 0 Å². The molecule has 39 heavy (non-hydrogen) atoms. The Labute approximate surface area is 231 Å². The van der Waals surface area contributed by atoms with Gasteiger partial charge in [0.1, 0.15) is 5.82 Å². The van der Waals surface area contributed by atoms with Crippen molar-refractivity contribution in [2.24, 2.45) is 17.8 Å². The Hall–Kier alpha value is -3.12. The highest BCUT2D eigenvalue weighted by Crippen LogP contribution is 2.57. The minimum atomic E-state index is 0.0759. The van der Waals surface area contributed by atoms with Crippen LogP contribution in [-0.4, -0.2) is 57.2 Å². The quantitative estimate of drug-likeness (QED) is 0.475. The fourth-order valence-electron chi connectivity index (χ4n) is 9.26. The van der Waals surface area contributed by atoms with Crippen molar-refractivity contribution in [1.82, 2.24) is 19.6 Å². The number of carbonyl (C=O) groups excluding carboxylic acids is 1.